The molecule has 176 valence electrons. The number of para-hydroxylation sites is 1. The Morgan fingerprint density at radius 2 is 2.06 bits per heavy atom. The highest BCUT2D eigenvalue weighted by Gasteiger charge is 2.38. The van der Waals surface area contributed by atoms with Gasteiger partial charge in [-0.15, -0.1) is 11.3 Å². The van der Waals surface area contributed by atoms with E-state index in [4.69, 9.17) is 9.47 Å². The third kappa shape index (κ3) is 5.09. The van der Waals surface area contributed by atoms with E-state index in [0.29, 0.717) is 19.7 Å². The van der Waals surface area contributed by atoms with Crippen molar-refractivity contribution in [2.24, 2.45) is 5.92 Å². The van der Waals surface area contributed by atoms with E-state index >= 15 is 0 Å². The van der Waals surface area contributed by atoms with E-state index in [1.54, 1.807) is 16.2 Å². The van der Waals surface area contributed by atoms with Crippen LogP contribution in [0.1, 0.15) is 47.7 Å². The van der Waals surface area contributed by atoms with Gasteiger partial charge >= 0.3 is 0 Å². The summed E-state index contributed by atoms with van der Waals surface area (Å²) < 4.78 is 12.0. The smallest absolute Gasteiger partial charge is 0.242 e. The van der Waals surface area contributed by atoms with Crippen LogP contribution < -0.4 is 4.74 Å². The summed E-state index contributed by atoms with van der Waals surface area (Å²) in [6.07, 6.45) is 4.74. The van der Waals surface area contributed by atoms with Crippen molar-refractivity contribution >= 4 is 23.2 Å². The second kappa shape index (κ2) is 9.85. The van der Waals surface area contributed by atoms with Gasteiger partial charge in [0.05, 0.1) is 18.7 Å². The Morgan fingerprint density at radius 3 is 2.82 bits per heavy atom. The van der Waals surface area contributed by atoms with Gasteiger partial charge in [0.1, 0.15) is 12.4 Å². The number of carbonyl (C=O) groups excluding carboxylic acids is 2. The van der Waals surface area contributed by atoms with Gasteiger partial charge < -0.3 is 19.3 Å². The molecule has 1 aromatic carbocycles. The number of amides is 2. The highest BCUT2D eigenvalue weighted by molar-refractivity contribution is 7.10. The van der Waals surface area contributed by atoms with Crippen LogP contribution in [0, 0.1) is 12.8 Å². The van der Waals surface area contributed by atoms with Gasteiger partial charge in [0.25, 0.3) is 0 Å². The summed E-state index contributed by atoms with van der Waals surface area (Å²) in [7, 11) is 0. The largest absolute Gasteiger partial charge is 0.491 e. The molecule has 5 rings (SSSR count). The molecular formula is C26H32N2O4S. The topological polar surface area (TPSA) is 59.1 Å². The normalized spacial score (nSPS) is 22.2. The fourth-order valence-electron chi connectivity index (χ4n) is 4.87. The Morgan fingerprint density at radius 1 is 1.21 bits per heavy atom. The third-order valence-electron chi connectivity index (χ3n) is 6.92. The van der Waals surface area contributed by atoms with Gasteiger partial charge in [-0.2, -0.15) is 0 Å². The number of thiophene rings is 1. The number of ether oxygens (including phenoxy) is 2. The van der Waals surface area contributed by atoms with Crippen molar-refractivity contribution in [3.8, 4) is 5.75 Å². The van der Waals surface area contributed by atoms with Gasteiger partial charge in [-0.25, -0.2) is 0 Å². The maximum Gasteiger partial charge on any atom is 0.242 e. The number of carbonyl (C=O) groups is 2. The van der Waals surface area contributed by atoms with Gasteiger partial charge in [0.15, 0.2) is 0 Å². The van der Waals surface area contributed by atoms with Crippen LogP contribution in [-0.2, 0) is 20.7 Å². The lowest BCUT2D eigenvalue weighted by atomic mass is 10.00. The van der Waals surface area contributed by atoms with E-state index in [1.807, 2.05) is 36.1 Å². The molecule has 2 aliphatic heterocycles. The number of rotatable bonds is 8. The molecule has 3 heterocycles. The third-order valence-corrected chi connectivity index (χ3v) is 7.91. The molecule has 2 aromatic rings. The Hall–Kier alpha value is -2.38. The minimum absolute atomic E-state index is 0.00256. The second-order valence-corrected chi connectivity index (χ2v) is 10.4. The molecule has 3 aliphatic rings. The van der Waals surface area contributed by atoms with E-state index in [9.17, 15) is 9.59 Å². The van der Waals surface area contributed by atoms with Crippen molar-refractivity contribution in [1.29, 1.82) is 0 Å². The van der Waals surface area contributed by atoms with Crippen LogP contribution in [0.25, 0.3) is 0 Å². The van der Waals surface area contributed by atoms with Crippen LogP contribution in [0.2, 0.25) is 0 Å². The molecule has 33 heavy (non-hydrogen) atoms. The molecule has 7 heteroatoms. The quantitative estimate of drug-likeness (QED) is 0.588. The molecule has 0 radical (unpaired) electrons. The number of benzene rings is 1. The Labute approximate surface area is 199 Å². The van der Waals surface area contributed by atoms with Gasteiger partial charge in [0.2, 0.25) is 11.8 Å². The van der Waals surface area contributed by atoms with Crippen molar-refractivity contribution in [3.63, 3.8) is 0 Å². The Bertz CT molecular complexity index is 996. The highest BCUT2D eigenvalue weighted by Crippen LogP contribution is 2.35. The number of hydrogen-bond donors (Lipinski definition) is 0. The minimum Gasteiger partial charge on any atom is -0.491 e. The first-order valence-corrected chi connectivity index (χ1v) is 12.9. The first kappa shape index (κ1) is 22.4. The molecule has 0 unspecified atom stereocenters. The van der Waals surface area contributed by atoms with Crippen molar-refractivity contribution in [3.05, 3.63) is 51.7 Å². The van der Waals surface area contributed by atoms with E-state index in [0.717, 1.165) is 50.0 Å². The maximum absolute atomic E-state index is 13.6. The van der Waals surface area contributed by atoms with Crippen molar-refractivity contribution < 1.29 is 19.1 Å². The number of fused-ring (bicyclic) bond motifs is 1. The van der Waals surface area contributed by atoms with Gasteiger partial charge in [-0.05, 0) is 67.7 Å². The molecule has 1 saturated carbocycles. The molecule has 6 nitrogen and oxygen atoms in total. The summed E-state index contributed by atoms with van der Waals surface area (Å²) in [5, 5.41) is 2.10. The molecular weight excluding hydrogens is 436 g/mol. The average Bonchev–Trinajstić information content (AvgIpc) is 3.32. The van der Waals surface area contributed by atoms with E-state index in [2.05, 4.69) is 11.4 Å². The Balaban J connectivity index is 1.32. The molecule has 0 spiro atoms. The van der Waals surface area contributed by atoms with Crippen molar-refractivity contribution in [2.45, 2.75) is 51.2 Å². The zero-order valence-electron chi connectivity index (χ0n) is 19.2. The summed E-state index contributed by atoms with van der Waals surface area (Å²) in [5.74, 6) is 1.04. The average molecular weight is 469 g/mol. The highest BCUT2D eigenvalue weighted by atomic mass is 32.1. The lowest BCUT2D eigenvalue weighted by Crippen LogP contribution is -2.49. The van der Waals surface area contributed by atoms with Crippen LogP contribution in [0.4, 0.5) is 0 Å². The zero-order chi connectivity index (χ0) is 22.8. The van der Waals surface area contributed by atoms with Crippen LogP contribution in [-0.4, -0.2) is 60.6 Å². The van der Waals surface area contributed by atoms with Gasteiger partial charge in [0, 0.05) is 30.5 Å². The molecule has 1 aromatic heterocycles. The summed E-state index contributed by atoms with van der Waals surface area (Å²) in [5.41, 5.74) is 2.25. The standard InChI is InChI=1S/C26H32N2O4S/c1-18-5-2-3-7-23(18)32-17-22-21-11-14-33-24(21)10-12-28(22)25(29)16-27(26(30)19-8-9-19)15-20-6-4-13-31-20/h2-3,5,7,11,14,19-20,22H,4,6,8-10,12-13,15-17H2,1H3/t20-,22+/m0/s1. The predicted octanol–water partition coefficient (Wildman–Crippen LogP) is 3.98. The predicted molar refractivity (Wildman–Crippen MR) is 127 cm³/mol. The maximum atomic E-state index is 13.6. The van der Waals surface area contributed by atoms with Crippen molar-refractivity contribution in [1.82, 2.24) is 9.80 Å². The lowest BCUT2D eigenvalue weighted by Gasteiger charge is -2.37. The summed E-state index contributed by atoms with van der Waals surface area (Å²) in [4.78, 5) is 31.6. The van der Waals surface area contributed by atoms with Crippen molar-refractivity contribution in [2.75, 3.05) is 32.8 Å². The van der Waals surface area contributed by atoms with Crippen LogP contribution >= 0.6 is 11.3 Å². The number of aryl methyl sites for hydroxylation is 1. The molecule has 2 amide bonds. The van der Waals surface area contributed by atoms with Crippen LogP contribution in [0.5, 0.6) is 5.75 Å². The summed E-state index contributed by atoms with van der Waals surface area (Å²) in [6.45, 7) is 4.47. The summed E-state index contributed by atoms with van der Waals surface area (Å²) in [6, 6.07) is 9.93. The fraction of sp³-hybridized carbons (Fsp3) is 0.538. The van der Waals surface area contributed by atoms with E-state index < -0.39 is 0 Å². The fourth-order valence-corrected chi connectivity index (χ4v) is 5.80. The second-order valence-electron chi connectivity index (χ2n) is 9.36. The molecule has 2 atom stereocenters. The van der Waals surface area contributed by atoms with Gasteiger partial charge in [-0.1, -0.05) is 18.2 Å². The first-order valence-electron chi connectivity index (χ1n) is 12.0. The van der Waals surface area contributed by atoms with Crippen LogP contribution in [0.3, 0.4) is 0 Å². The molecule has 1 aliphatic carbocycles. The number of nitrogens with zero attached hydrogens (tertiary/aromatic N) is 2. The van der Waals surface area contributed by atoms with Gasteiger partial charge in [-0.3, -0.25) is 9.59 Å². The first-order chi connectivity index (χ1) is 16.1. The molecule has 0 bridgehead atoms. The van der Waals surface area contributed by atoms with E-state index in [-0.39, 0.29) is 36.4 Å². The Kier molecular flexibility index (Phi) is 6.69. The SMILES string of the molecule is Cc1ccccc1OC[C@@H]1c2ccsc2CCN1C(=O)CN(C[C@@H]1CCCO1)C(=O)C1CC1. The van der Waals surface area contributed by atoms with E-state index in [1.165, 1.54) is 10.4 Å². The molecule has 1 saturated heterocycles. The van der Waals surface area contributed by atoms with Crippen LogP contribution in [0.15, 0.2) is 35.7 Å². The monoisotopic (exact) mass is 468 g/mol. The number of hydrogen-bond acceptors (Lipinski definition) is 5. The molecule has 0 N–H and O–H groups in total. The minimum atomic E-state index is -0.146. The zero-order valence-corrected chi connectivity index (χ0v) is 20.0. The molecule has 2 fully saturated rings. The summed E-state index contributed by atoms with van der Waals surface area (Å²) >= 11 is 1.75. The lowest BCUT2D eigenvalue weighted by molar-refractivity contribution is -0.144.